The van der Waals surface area contributed by atoms with E-state index in [4.69, 9.17) is 19.4 Å². The van der Waals surface area contributed by atoms with E-state index in [2.05, 4.69) is 142 Å². The molecule has 3 aromatic heterocycles. The van der Waals surface area contributed by atoms with E-state index in [-0.39, 0.29) is 21.7 Å². The fourth-order valence-electron chi connectivity index (χ4n) is 7.92. The predicted octanol–water partition coefficient (Wildman–Crippen LogP) is 13.6. The third-order valence-corrected chi connectivity index (χ3v) is 11.9. The number of aromatic amines is 2. The Morgan fingerprint density at radius 1 is 0.453 bits per heavy atom. The maximum absolute atomic E-state index is 12.7. The Labute approximate surface area is 378 Å². The van der Waals surface area contributed by atoms with Crippen LogP contribution in [0.5, 0.6) is 0 Å². The van der Waals surface area contributed by atoms with Crippen molar-refractivity contribution in [3.63, 3.8) is 0 Å². The van der Waals surface area contributed by atoms with Gasteiger partial charge in [-0.1, -0.05) is 119 Å². The number of hydrogen-bond donors (Lipinski definition) is 2. The van der Waals surface area contributed by atoms with Crippen molar-refractivity contribution in [1.82, 2.24) is 19.9 Å². The largest absolute Gasteiger partial charge is 0.466 e. The van der Waals surface area contributed by atoms with Crippen LogP contribution in [0.3, 0.4) is 0 Å². The van der Waals surface area contributed by atoms with Gasteiger partial charge in [-0.2, -0.15) is 0 Å². The summed E-state index contributed by atoms with van der Waals surface area (Å²) in [5.41, 5.74) is 15.6. The molecular formula is C56H62N4O4. The zero-order valence-corrected chi connectivity index (χ0v) is 39.9. The third-order valence-electron chi connectivity index (χ3n) is 11.9. The molecule has 5 aromatic rings. The number of carbonyl (C=O) groups excluding carboxylic acids is 2. The maximum atomic E-state index is 12.7. The Balaban J connectivity index is 1.70. The number of methoxy groups -OCH3 is 2. The predicted molar refractivity (Wildman–Crippen MR) is 267 cm³/mol. The molecule has 0 unspecified atom stereocenters. The maximum Gasteiger partial charge on any atom is 0.330 e. The van der Waals surface area contributed by atoms with E-state index < -0.39 is 11.9 Å². The average molecular weight is 855 g/mol. The van der Waals surface area contributed by atoms with Crippen LogP contribution in [0.25, 0.3) is 80.8 Å². The van der Waals surface area contributed by atoms with E-state index in [0.29, 0.717) is 17.0 Å². The van der Waals surface area contributed by atoms with Gasteiger partial charge in [0.1, 0.15) is 0 Å². The van der Waals surface area contributed by atoms with Crippen molar-refractivity contribution in [3.05, 3.63) is 129 Å². The lowest BCUT2D eigenvalue weighted by molar-refractivity contribution is -0.135. The molecule has 8 bridgehead atoms. The topological polar surface area (TPSA) is 110 Å². The molecule has 2 aromatic carbocycles. The van der Waals surface area contributed by atoms with Gasteiger partial charge in [0.25, 0.3) is 0 Å². The van der Waals surface area contributed by atoms with Gasteiger partial charge in [-0.25, -0.2) is 19.6 Å². The normalized spacial score (nSPS) is 13.3. The summed E-state index contributed by atoms with van der Waals surface area (Å²) in [4.78, 5) is 43.6. The lowest BCUT2D eigenvalue weighted by Crippen LogP contribution is -2.16. The van der Waals surface area contributed by atoms with E-state index in [9.17, 15) is 9.59 Å². The number of esters is 2. The van der Waals surface area contributed by atoms with Crippen LogP contribution in [-0.2, 0) is 40.7 Å². The molecule has 0 aliphatic carbocycles. The Morgan fingerprint density at radius 3 is 1.09 bits per heavy atom. The summed E-state index contributed by atoms with van der Waals surface area (Å²) in [6, 6.07) is 21.9. The molecule has 5 heterocycles. The number of H-pyrrole nitrogens is 2. The lowest BCUT2D eigenvalue weighted by atomic mass is 9.78. The van der Waals surface area contributed by atoms with Gasteiger partial charge in [0.05, 0.1) is 37.0 Å². The van der Waals surface area contributed by atoms with Gasteiger partial charge in [-0.15, -0.1) is 0 Å². The smallest absolute Gasteiger partial charge is 0.330 e. The second kappa shape index (κ2) is 16.9. The highest BCUT2D eigenvalue weighted by atomic mass is 16.5. The van der Waals surface area contributed by atoms with Crippen molar-refractivity contribution in [1.29, 1.82) is 0 Å². The van der Waals surface area contributed by atoms with Crippen LogP contribution in [-0.4, -0.2) is 46.1 Å². The van der Waals surface area contributed by atoms with Crippen LogP contribution in [0, 0.1) is 0 Å². The van der Waals surface area contributed by atoms with Crippen molar-refractivity contribution in [2.45, 2.75) is 105 Å². The van der Waals surface area contributed by atoms with Crippen molar-refractivity contribution in [3.8, 4) is 22.3 Å². The first-order valence-electron chi connectivity index (χ1n) is 22.0. The summed E-state index contributed by atoms with van der Waals surface area (Å²) in [5, 5.41) is 0. The monoisotopic (exact) mass is 854 g/mol. The molecule has 8 heteroatoms. The highest BCUT2D eigenvalue weighted by Crippen LogP contribution is 2.40. The van der Waals surface area contributed by atoms with Crippen molar-refractivity contribution in [2.24, 2.45) is 0 Å². The number of aromatic nitrogens is 4. The zero-order chi connectivity index (χ0) is 46.5. The minimum atomic E-state index is -0.480. The van der Waals surface area contributed by atoms with Crippen molar-refractivity contribution in [2.75, 3.05) is 14.2 Å². The van der Waals surface area contributed by atoms with Crippen LogP contribution in [0.1, 0.15) is 139 Å². The SMILES string of the molecule is COC(=O)C=Cc1c2nc(c(-c3cc(C(C)(C)C)cc(C(C)(C)C)c3)c3ccc([nH]3)c(/C=C/C(=O)OC)c3ccc([nH]3)c(-c3cc(C(C)(C)C)cc(C(C)(C)C)c3)c3nc1C=C3)C=C2. The van der Waals surface area contributed by atoms with Gasteiger partial charge >= 0.3 is 11.9 Å². The van der Waals surface area contributed by atoms with E-state index in [0.717, 1.165) is 61.3 Å². The molecule has 7 rings (SSSR count). The van der Waals surface area contributed by atoms with E-state index >= 15 is 0 Å². The first kappa shape index (κ1) is 45.5. The molecule has 0 radical (unpaired) electrons. The van der Waals surface area contributed by atoms with E-state index in [1.807, 2.05) is 36.4 Å². The lowest BCUT2D eigenvalue weighted by Gasteiger charge is -2.26. The van der Waals surface area contributed by atoms with Gasteiger partial charge in [0, 0.05) is 56.5 Å². The summed E-state index contributed by atoms with van der Waals surface area (Å²) >= 11 is 0. The Kier molecular flexibility index (Phi) is 12.0. The van der Waals surface area contributed by atoms with Gasteiger partial charge in [-0.3, -0.25) is 0 Å². The first-order chi connectivity index (χ1) is 29.9. The Bertz CT molecular complexity index is 2740. The molecular weight excluding hydrogens is 793 g/mol. The molecule has 0 atom stereocenters. The van der Waals surface area contributed by atoms with Crippen LogP contribution >= 0.6 is 0 Å². The minimum absolute atomic E-state index is 0.135. The first-order valence-corrected chi connectivity index (χ1v) is 22.0. The summed E-state index contributed by atoms with van der Waals surface area (Å²) in [6.45, 7) is 26.8. The van der Waals surface area contributed by atoms with Crippen molar-refractivity contribution >= 4 is 70.5 Å². The third kappa shape index (κ3) is 9.52. The van der Waals surface area contributed by atoms with Crippen LogP contribution in [0.4, 0.5) is 0 Å². The van der Waals surface area contributed by atoms with Crippen molar-refractivity contribution < 1.29 is 19.1 Å². The number of nitrogens with zero attached hydrogens (tertiary/aromatic N) is 2. The number of benzene rings is 2. The fourth-order valence-corrected chi connectivity index (χ4v) is 7.92. The van der Waals surface area contributed by atoms with Crippen LogP contribution < -0.4 is 0 Å². The molecule has 8 nitrogen and oxygen atoms in total. The molecule has 0 spiro atoms. The van der Waals surface area contributed by atoms with Crippen LogP contribution in [0.15, 0.2) is 72.8 Å². The minimum Gasteiger partial charge on any atom is -0.466 e. The summed E-state index contributed by atoms with van der Waals surface area (Å²) in [5.74, 6) is -0.943. The molecule has 64 heavy (non-hydrogen) atoms. The number of carbonyl (C=O) groups is 2. The number of nitrogens with one attached hydrogen (secondary N) is 2. The molecule has 0 amide bonds. The second-order valence-corrected chi connectivity index (χ2v) is 20.9. The van der Waals surface area contributed by atoms with Gasteiger partial charge in [0.15, 0.2) is 0 Å². The van der Waals surface area contributed by atoms with Crippen LogP contribution in [0.2, 0.25) is 0 Å². The number of rotatable bonds is 6. The van der Waals surface area contributed by atoms with Gasteiger partial charge in [-0.05, 0) is 116 Å². The standard InChI is InChI=1S/C56H62N4O4/c1-53(2,3)35-27-33(28-36(31-35)54(4,5)6)51-45-21-17-41(57-45)39(15-25-49(61)63-13)43-19-23-47(59-43)52(34-29-37(55(7,8)9)32-38(30-34)56(10,11)12)48-24-20-44(60-48)40(16-26-50(62)64-14)42-18-22-46(51)58-42/h15-32,57,59H,1-14H3/b25-15+,26-16?,41-39?,42-40?,43-39?,44-40?,51-45?,51-46?,52-47?,52-48?. The fraction of sp³-hybridized carbons (Fsp3) is 0.321. The van der Waals surface area contributed by atoms with Gasteiger partial charge in [0.2, 0.25) is 0 Å². The summed E-state index contributed by atoms with van der Waals surface area (Å²) in [6.07, 6.45) is 14.4. The summed E-state index contributed by atoms with van der Waals surface area (Å²) in [7, 11) is 2.75. The molecule has 2 N–H and O–H groups in total. The quantitative estimate of drug-likeness (QED) is 0.127. The Hall–Kier alpha value is -6.54. The van der Waals surface area contributed by atoms with E-state index in [1.165, 1.54) is 48.6 Å². The number of hydrogen-bond acceptors (Lipinski definition) is 6. The Morgan fingerprint density at radius 2 is 0.766 bits per heavy atom. The molecule has 330 valence electrons. The van der Waals surface area contributed by atoms with E-state index in [1.54, 1.807) is 12.2 Å². The highest BCUT2D eigenvalue weighted by Gasteiger charge is 2.25. The summed E-state index contributed by atoms with van der Waals surface area (Å²) < 4.78 is 10.1. The van der Waals surface area contributed by atoms with Gasteiger partial charge < -0.3 is 19.4 Å². The molecule has 0 saturated heterocycles. The number of ether oxygens (including phenoxy) is 2. The molecule has 2 aliphatic rings. The molecule has 2 aliphatic heterocycles. The number of fused-ring (bicyclic) bond motifs is 8. The zero-order valence-electron chi connectivity index (χ0n) is 39.9. The molecule has 0 saturated carbocycles. The molecule has 0 fully saturated rings. The highest BCUT2D eigenvalue weighted by molar-refractivity contribution is 5.99. The second-order valence-electron chi connectivity index (χ2n) is 20.9. The average Bonchev–Trinajstić information content (AvgIpc) is 4.07.